The van der Waals surface area contributed by atoms with E-state index in [9.17, 15) is 4.79 Å². The molecule has 0 radical (unpaired) electrons. The number of amides is 1. The van der Waals surface area contributed by atoms with Gasteiger partial charge >= 0.3 is 0 Å². The lowest BCUT2D eigenvalue weighted by atomic mass is 9.49. The Kier molecular flexibility index (Phi) is 4.54. The summed E-state index contributed by atoms with van der Waals surface area (Å²) in [6.45, 7) is 0.815. The summed E-state index contributed by atoms with van der Waals surface area (Å²) in [5, 5.41) is 9.12. The number of thiophene rings is 1. The lowest BCUT2D eigenvalue weighted by Gasteiger charge is -2.57. The summed E-state index contributed by atoms with van der Waals surface area (Å²) in [6, 6.07) is 3.93. The van der Waals surface area contributed by atoms with Gasteiger partial charge in [0.1, 0.15) is 0 Å². The Hall–Kier alpha value is -1.69. The molecule has 4 saturated carbocycles. The molecule has 2 aromatic rings. The molecule has 4 bridgehead atoms. The van der Waals surface area contributed by atoms with E-state index in [0.717, 1.165) is 35.6 Å². The molecule has 27 heavy (non-hydrogen) atoms. The third-order valence-electron chi connectivity index (χ3n) is 6.92. The zero-order valence-electron chi connectivity index (χ0n) is 15.7. The average molecular weight is 386 g/mol. The fraction of sp³-hybridized carbons (Fsp3) is 0.667. The van der Waals surface area contributed by atoms with Crippen LogP contribution in [0.25, 0.3) is 10.7 Å². The van der Waals surface area contributed by atoms with Crippen LogP contribution < -0.4 is 5.32 Å². The van der Waals surface area contributed by atoms with Crippen molar-refractivity contribution in [2.45, 2.75) is 57.8 Å². The van der Waals surface area contributed by atoms with Crippen molar-refractivity contribution in [1.82, 2.24) is 15.5 Å². The van der Waals surface area contributed by atoms with Crippen LogP contribution in [0.4, 0.5) is 0 Å². The number of aromatic nitrogens is 2. The quantitative estimate of drug-likeness (QED) is 0.764. The smallest absolute Gasteiger partial charge is 0.227 e. The zero-order valence-corrected chi connectivity index (χ0v) is 16.5. The van der Waals surface area contributed by atoms with Crippen LogP contribution >= 0.6 is 11.3 Å². The largest absolute Gasteiger partial charge is 0.356 e. The van der Waals surface area contributed by atoms with Crippen molar-refractivity contribution >= 4 is 17.2 Å². The predicted molar refractivity (Wildman–Crippen MR) is 104 cm³/mol. The van der Waals surface area contributed by atoms with E-state index in [-0.39, 0.29) is 5.91 Å². The van der Waals surface area contributed by atoms with E-state index in [1.807, 2.05) is 17.5 Å². The summed E-state index contributed by atoms with van der Waals surface area (Å²) in [4.78, 5) is 17.6. The molecule has 0 saturated heterocycles. The van der Waals surface area contributed by atoms with Gasteiger partial charge in [-0.2, -0.15) is 4.98 Å². The Morgan fingerprint density at radius 1 is 1.22 bits per heavy atom. The molecule has 2 heterocycles. The first-order chi connectivity index (χ1) is 13.2. The first-order valence-electron chi connectivity index (χ1n) is 10.3. The molecule has 0 spiro atoms. The maximum atomic E-state index is 12.2. The summed E-state index contributed by atoms with van der Waals surface area (Å²) in [6.07, 6.45) is 10.7. The first-order valence-corrected chi connectivity index (χ1v) is 11.2. The number of aryl methyl sites for hydroxylation is 1. The second-order valence-electron chi connectivity index (χ2n) is 9.01. The van der Waals surface area contributed by atoms with Crippen molar-refractivity contribution < 1.29 is 9.32 Å². The Morgan fingerprint density at radius 2 is 1.96 bits per heavy atom. The molecule has 4 fully saturated rings. The van der Waals surface area contributed by atoms with Crippen LogP contribution in [0.2, 0.25) is 0 Å². The van der Waals surface area contributed by atoms with E-state index in [1.54, 1.807) is 11.3 Å². The predicted octanol–water partition coefficient (Wildman–Crippen LogP) is 4.45. The molecule has 0 atom stereocenters. The highest BCUT2D eigenvalue weighted by atomic mass is 32.1. The molecule has 0 aliphatic heterocycles. The summed E-state index contributed by atoms with van der Waals surface area (Å²) >= 11 is 1.58. The van der Waals surface area contributed by atoms with E-state index in [4.69, 9.17) is 4.52 Å². The third-order valence-corrected chi connectivity index (χ3v) is 7.78. The number of rotatable bonds is 7. The number of hydrogen-bond donors (Lipinski definition) is 1. The number of hydrogen-bond acceptors (Lipinski definition) is 5. The molecule has 6 heteroatoms. The monoisotopic (exact) mass is 385 g/mol. The maximum absolute atomic E-state index is 12.2. The molecule has 5 nitrogen and oxygen atoms in total. The lowest BCUT2D eigenvalue weighted by molar-refractivity contribution is -0.121. The van der Waals surface area contributed by atoms with Crippen LogP contribution in [-0.4, -0.2) is 22.6 Å². The molecule has 0 unspecified atom stereocenters. The second kappa shape index (κ2) is 7.04. The molecule has 2 aromatic heterocycles. The fourth-order valence-corrected chi connectivity index (χ4v) is 6.88. The van der Waals surface area contributed by atoms with Crippen molar-refractivity contribution in [3.8, 4) is 10.7 Å². The normalized spacial score (nSPS) is 31.3. The standard InChI is InChI=1S/C21H27N3O2S/c25-18(3-4-19-23-20(24-26-19)17-2-1-7-27-17)22-6-5-21-11-14-8-15(12-21)10-16(9-14)13-21/h1-2,7,14-16H,3-6,8-13H2,(H,22,25). The minimum atomic E-state index is 0.0931. The van der Waals surface area contributed by atoms with Crippen LogP contribution in [-0.2, 0) is 11.2 Å². The summed E-state index contributed by atoms with van der Waals surface area (Å²) in [5.41, 5.74) is 0.532. The Bertz CT molecular complexity index is 763. The van der Waals surface area contributed by atoms with E-state index >= 15 is 0 Å². The van der Waals surface area contributed by atoms with Gasteiger partial charge in [-0.1, -0.05) is 11.2 Å². The average Bonchev–Trinajstić information content (AvgIpc) is 3.30. The summed E-state index contributed by atoms with van der Waals surface area (Å²) < 4.78 is 5.27. The van der Waals surface area contributed by atoms with Crippen molar-refractivity contribution in [2.75, 3.05) is 6.54 Å². The minimum absolute atomic E-state index is 0.0931. The topological polar surface area (TPSA) is 68.0 Å². The zero-order chi connectivity index (χ0) is 18.3. The lowest BCUT2D eigenvalue weighted by Crippen LogP contribution is -2.47. The maximum Gasteiger partial charge on any atom is 0.227 e. The first kappa shape index (κ1) is 17.4. The van der Waals surface area contributed by atoms with Gasteiger partial charge in [0, 0.05) is 19.4 Å². The highest BCUT2D eigenvalue weighted by Gasteiger charge is 2.50. The molecular formula is C21H27N3O2S. The van der Waals surface area contributed by atoms with Crippen LogP contribution in [0.5, 0.6) is 0 Å². The van der Waals surface area contributed by atoms with Gasteiger partial charge in [0.05, 0.1) is 4.88 Å². The van der Waals surface area contributed by atoms with Crippen LogP contribution in [0, 0.1) is 23.2 Å². The second-order valence-corrected chi connectivity index (χ2v) is 9.95. The van der Waals surface area contributed by atoms with E-state index < -0.39 is 0 Å². The Labute approximate surface area is 163 Å². The Balaban J connectivity index is 1.07. The molecule has 0 aromatic carbocycles. The van der Waals surface area contributed by atoms with E-state index in [2.05, 4.69) is 15.5 Å². The minimum Gasteiger partial charge on any atom is -0.356 e. The van der Waals surface area contributed by atoms with Gasteiger partial charge < -0.3 is 9.84 Å². The van der Waals surface area contributed by atoms with E-state index in [1.165, 1.54) is 38.5 Å². The SMILES string of the molecule is O=C(CCc1nc(-c2cccs2)no1)NCCC12CC3CC(CC(C3)C1)C2. The van der Waals surface area contributed by atoms with Crippen molar-refractivity contribution in [3.05, 3.63) is 23.4 Å². The van der Waals surface area contributed by atoms with Gasteiger partial charge in [0.2, 0.25) is 17.6 Å². The molecule has 144 valence electrons. The summed E-state index contributed by atoms with van der Waals surface area (Å²) in [5.74, 6) is 4.17. The molecular weight excluding hydrogens is 358 g/mol. The van der Waals surface area contributed by atoms with Crippen LogP contribution in [0.1, 0.15) is 57.3 Å². The molecule has 1 amide bonds. The number of nitrogens with zero attached hydrogens (tertiary/aromatic N) is 2. The number of carbonyl (C=O) groups excluding carboxylic acids is 1. The highest BCUT2D eigenvalue weighted by molar-refractivity contribution is 7.13. The summed E-state index contributed by atoms with van der Waals surface area (Å²) in [7, 11) is 0. The number of nitrogens with one attached hydrogen (secondary N) is 1. The Morgan fingerprint density at radius 3 is 2.63 bits per heavy atom. The van der Waals surface area contributed by atoms with Gasteiger partial charge in [-0.25, -0.2) is 0 Å². The van der Waals surface area contributed by atoms with Gasteiger partial charge in [-0.05, 0) is 79.6 Å². The highest BCUT2D eigenvalue weighted by Crippen LogP contribution is 2.61. The van der Waals surface area contributed by atoms with Crippen LogP contribution in [0.15, 0.2) is 22.0 Å². The molecule has 4 aliphatic rings. The van der Waals surface area contributed by atoms with Crippen molar-refractivity contribution in [2.24, 2.45) is 23.2 Å². The van der Waals surface area contributed by atoms with Gasteiger partial charge in [0.15, 0.2) is 0 Å². The van der Waals surface area contributed by atoms with Crippen molar-refractivity contribution in [3.63, 3.8) is 0 Å². The van der Waals surface area contributed by atoms with E-state index in [0.29, 0.717) is 30.0 Å². The fourth-order valence-electron chi connectivity index (χ4n) is 6.23. The van der Waals surface area contributed by atoms with Gasteiger partial charge in [0.25, 0.3) is 0 Å². The van der Waals surface area contributed by atoms with Crippen LogP contribution in [0.3, 0.4) is 0 Å². The number of carbonyl (C=O) groups is 1. The van der Waals surface area contributed by atoms with Crippen molar-refractivity contribution in [1.29, 1.82) is 0 Å². The van der Waals surface area contributed by atoms with Gasteiger partial charge in [-0.3, -0.25) is 4.79 Å². The molecule has 1 N–H and O–H groups in total. The third kappa shape index (κ3) is 3.68. The van der Waals surface area contributed by atoms with Gasteiger partial charge in [-0.15, -0.1) is 11.3 Å². The molecule has 4 aliphatic carbocycles. The molecule has 6 rings (SSSR count).